The van der Waals surface area contributed by atoms with Crippen LogP contribution < -0.4 is 0 Å². The normalized spacial score (nSPS) is 24.6. The highest BCUT2D eigenvalue weighted by Crippen LogP contribution is 2.58. The maximum atomic E-state index is 13.5. The molecule has 3 heterocycles. The zero-order chi connectivity index (χ0) is 22.9. The van der Waals surface area contributed by atoms with E-state index < -0.39 is 5.41 Å². The summed E-state index contributed by atoms with van der Waals surface area (Å²) in [6.45, 7) is 5.94. The van der Waals surface area contributed by atoms with E-state index in [1.807, 2.05) is 39.8 Å². The number of fused-ring (bicyclic) bond motifs is 1. The molecular weight excluding hydrogens is 404 g/mol. The zero-order valence-electron chi connectivity index (χ0n) is 19.7. The van der Waals surface area contributed by atoms with Crippen molar-refractivity contribution in [3.05, 3.63) is 35.9 Å². The number of piperidine rings is 1. The van der Waals surface area contributed by atoms with E-state index in [-0.39, 0.29) is 23.3 Å². The third-order valence-corrected chi connectivity index (χ3v) is 8.05. The van der Waals surface area contributed by atoms with Gasteiger partial charge in [0, 0.05) is 65.2 Å². The van der Waals surface area contributed by atoms with E-state index in [0.717, 1.165) is 32.2 Å². The first-order chi connectivity index (χ1) is 15.3. The monoisotopic (exact) mass is 440 g/mol. The zero-order valence-corrected chi connectivity index (χ0v) is 19.7. The largest absolute Gasteiger partial charge is 0.343 e. The van der Waals surface area contributed by atoms with E-state index in [4.69, 9.17) is 0 Å². The fourth-order valence-corrected chi connectivity index (χ4v) is 6.14. The second kappa shape index (κ2) is 8.75. The van der Waals surface area contributed by atoms with Gasteiger partial charge in [-0.1, -0.05) is 30.3 Å². The lowest BCUT2D eigenvalue weighted by Crippen LogP contribution is -2.53. The van der Waals surface area contributed by atoms with Crippen LogP contribution in [0.25, 0.3) is 0 Å². The Labute approximate surface area is 191 Å². The fraction of sp³-hybridized carbons (Fsp3) is 0.640. The van der Waals surface area contributed by atoms with Crippen molar-refractivity contribution in [2.24, 2.45) is 10.8 Å². The molecular formula is C25H36N4O3. The molecule has 4 amide bonds. The van der Waals surface area contributed by atoms with E-state index >= 15 is 0 Å². The minimum Gasteiger partial charge on any atom is -0.343 e. The first kappa shape index (κ1) is 22.6. The van der Waals surface area contributed by atoms with E-state index in [0.29, 0.717) is 39.1 Å². The fourth-order valence-electron chi connectivity index (χ4n) is 6.14. The Morgan fingerprint density at radius 3 is 2.25 bits per heavy atom. The van der Waals surface area contributed by atoms with Gasteiger partial charge in [-0.25, -0.2) is 4.79 Å². The van der Waals surface area contributed by atoms with Crippen LogP contribution in [0.5, 0.6) is 0 Å². The molecule has 0 N–H and O–H groups in total. The maximum absolute atomic E-state index is 13.5. The van der Waals surface area contributed by atoms with Gasteiger partial charge in [-0.15, -0.1) is 0 Å². The van der Waals surface area contributed by atoms with Crippen molar-refractivity contribution in [1.82, 2.24) is 19.6 Å². The second-order valence-corrected chi connectivity index (χ2v) is 9.90. The van der Waals surface area contributed by atoms with Gasteiger partial charge in [-0.2, -0.15) is 0 Å². The predicted octanol–water partition coefficient (Wildman–Crippen LogP) is 2.46. The molecule has 1 atom stereocenters. The topological polar surface area (TPSA) is 64.2 Å². The van der Waals surface area contributed by atoms with Crippen LogP contribution >= 0.6 is 0 Å². The lowest BCUT2D eigenvalue weighted by molar-refractivity contribution is -0.144. The molecule has 174 valence electrons. The summed E-state index contributed by atoms with van der Waals surface area (Å²) < 4.78 is 0. The van der Waals surface area contributed by atoms with Gasteiger partial charge < -0.3 is 19.6 Å². The van der Waals surface area contributed by atoms with Gasteiger partial charge in [-0.3, -0.25) is 9.59 Å². The predicted molar refractivity (Wildman–Crippen MR) is 123 cm³/mol. The molecule has 0 saturated carbocycles. The van der Waals surface area contributed by atoms with Crippen molar-refractivity contribution in [3.8, 4) is 0 Å². The Bertz CT molecular complexity index is 863. The summed E-state index contributed by atoms with van der Waals surface area (Å²) in [5.41, 5.74) is 0.433. The number of carbonyl (C=O) groups is 3. The van der Waals surface area contributed by atoms with E-state index in [2.05, 4.69) is 12.1 Å². The van der Waals surface area contributed by atoms with Crippen LogP contribution in [0.3, 0.4) is 0 Å². The number of benzene rings is 1. The second-order valence-electron chi connectivity index (χ2n) is 9.90. The van der Waals surface area contributed by atoms with Gasteiger partial charge in [-0.05, 0) is 38.2 Å². The molecule has 3 aliphatic rings. The summed E-state index contributed by atoms with van der Waals surface area (Å²) in [7, 11) is 3.53. The highest BCUT2D eigenvalue weighted by molar-refractivity contribution is 5.88. The first-order valence-electron chi connectivity index (χ1n) is 11.9. The number of rotatable bonds is 4. The Hall–Kier alpha value is -2.57. The quantitative estimate of drug-likeness (QED) is 0.723. The smallest absolute Gasteiger partial charge is 0.319 e. The van der Waals surface area contributed by atoms with Crippen LogP contribution in [0, 0.1) is 10.8 Å². The molecule has 0 bridgehead atoms. The van der Waals surface area contributed by atoms with Gasteiger partial charge in [0.2, 0.25) is 11.8 Å². The summed E-state index contributed by atoms with van der Waals surface area (Å²) >= 11 is 0. The van der Waals surface area contributed by atoms with Gasteiger partial charge in [0.05, 0.1) is 5.41 Å². The molecule has 3 saturated heterocycles. The van der Waals surface area contributed by atoms with E-state index in [9.17, 15) is 14.4 Å². The molecule has 2 spiro atoms. The van der Waals surface area contributed by atoms with Gasteiger partial charge in [0.25, 0.3) is 0 Å². The molecule has 1 aromatic carbocycles. The minimum atomic E-state index is -0.506. The molecule has 1 aromatic rings. The van der Waals surface area contributed by atoms with E-state index in [1.165, 1.54) is 5.56 Å². The molecule has 32 heavy (non-hydrogen) atoms. The van der Waals surface area contributed by atoms with Crippen molar-refractivity contribution in [2.45, 2.75) is 39.0 Å². The number of hydrogen-bond donors (Lipinski definition) is 0. The van der Waals surface area contributed by atoms with Crippen molar-refractivity contribution in [3.63, 3.8) is 0 Å². The average molecular weight is 441 g/mol. The summed E-state index contributed by atoms with van der Waals surface area (Å²) in [4.78, 5) is 46.7. The minimum absolute atomic E-state index is 0.0228. The van der Waals surface area contributed by atoms with Crippen molar-refractivity contribution < 1.29 is 14.4 Å². The summed E-state index contributed by atoms with van der Waals surface area (Å²) in [6, 6.07) is 10.1. The molecule has 0 radical (unpaired) electrons. The number of aryl methyl sites for hydroxylation is 1. The molecule has 3 fully saturated rings. The standard InChI is InChI=1S/C25H36N4O3/c1-4-27-17-14-25(22(27)31)19-29(23(32)26(2)3)18-24(25)12-15-28(16-13-24)21(30)11-10-20-8-6-5-7-9-20/h5-9H,4,10-19H2,1-3H3/t25-/m0/s1. The lowest BCUT2D eigenvalue weighted by atomic mass is 9.60. The summed E-state index contributed by atoms with van der Waals surface area (Å²) in [5.74, 6) is 0.391. The number of likely N-dealkylation sites (tertiary alicyclic amines) is 3. The number of nitrogens with zero attached hydrogens (tertiary/aromatic N) is 4. The number of carbonyl (C=O) groups excluding carboxylic acids is 3. The van der Waals surface area contributed by atoms with Crippen LogP contribution in [0.1, 0.15) is 38.2 Å². The van der Waals surface area contributed by atoms with Crippen LogP contribution in [-0.4, -0.2) is 90.8 Å². The first-order valence-corrected chi connectivity index (χ1v) is 11.9. The molecule has 0 aromatic heterocycles. The van der Waals surface area contributed by atoms with Crippen LogP contribution in [0.15, 0.2) is 30.3 Å². The molecule has 7 heteroatoms. The Kier molecular flexibility index (Phi) is 6.19. The van der Waals surface area contributed by atoms with E-state index in [1.54, 1.807) is 19.0 Å². The molecule has 0 aliphatic carbocycles. The van der Waals surface area contributed by atoms with Crippen LogP contribution in [-0.2, 0) is 16.0 Å². The molecule has 7 nitrogen and oxygen atoms in total. The Morgan fingerprint density at radius 1 is 0.969 bits per heavy atom. The van der Waals surface area contributed by atoms with Crippen molar-refractivity contribution in [1.29, 1.82) is 0 Å². The molecule has 4 rings (SSSR count). The molecule has 3 aliphatic heterocycles. The highest BCUT2D eigenvalue weighted by Gasteiger charge is 2.65. The number of hydrogen-bond acceptors (Lipinski definition) is 3. The third kappa shape index (κ3) is 3.76. The number of urea groups is 1. The Balaban J connectivity index is 1.47. The third-order valence-electron chi connectivity index (χ3n) is 8.05. The van der Waals surface area contributed by atoms with Crippen molar-refractivity contribution in [2.75, 3.05) is 53.4 Å². The number of amides is 4. The lowest BCUT2D eigenvalue weighted by Gasteiger charge is -2.46. The van der Waals surface area contributed by atoms with Crippen molar-refractivity contribution >= 4 is 17.8 Å². The SMILES string of the molecule is CCN1CC[C@]2(CN(C(=O)N(C)C)CC23CCN(C(=O)CCc2ccccc2)CC3)C1=O. The highest BCUT2D eigenvalue weighted by atomic mass is 16.2. The summed E-state index contributed by atoms with van der Waals surface area (Å²) in [5, 5.41) is 0. The average Bonchev–Trinajstić information content (AvgIpc) is 3.30. The van der Waals surface area contributed by atoms with Gasteiger partial charge >= 0.3 is 6.03 Å². The van der Waals surface area contributed by atoms with Gasteiger partial charge in [0.15, 0.2) is 0 Å². The van der Waals surface area contributed by atoms with Gasteiger partial charge in [0.1, 0.15) is 0 Å². The summed E-state index contributed by atoms with van der Waals surface area (Å²) in [6.07, 6.45) is 3.63. The van der Waals surface area contributed by atoms with Crippen LogP contribution in [0.2, 0.25) is 0 Å². The van der Waals surface area contributed by atoms with Crippen LogP contribution in [0.4, 0.5) is 4.79 Å². The maximum Gasteiger partial charge on any atom is 0.319 e. The Morgan fingerprint density at radius 2 is 1.66 bits per heavy atom. The molecule has 0 unspecified atom stereocenters.